The number of nitrogens with one attached hydrogen (secondary N) is 1. The minimum atomic E-state index is -4.28. The molecule has 0 spiro atoms. The molecule has 2 nitrogen and oxygen atoms in total. The van der Waals surface area contributed by atoms with E-state index in [1.54, 1.807) is 12.1 Å². The van der Waals surface area contributed by atoms with E-state index in [9.17, 15) is 13.2 Å². The van der Waals surface area contributed by atoms with Crippen molar-refractivity contribution in [2.24, 2.45) is 5.92 Å². The molecule has 5 heteroatoms. The normalized spacial score (nSPS) is 21.4. The Morgan fingerprint density at radius 3 is 2.75 bits per heavy atom. The van der Waals surface area contributed by atoms with Crippen LogP contribution in [0.1, 0.15) is 24.5 Å². The van der Waals surface area contributed by atoms with Gasteiger partial charge in [-0.3, -0.25) is 0 Å². The molecule has 0 amide bonds. The maximum Gasteiger partial charge on any atom is 0.416 e. The van der Waals surface area contributed by atoms with Gasteiger partial charge in [0.25, 0.3) is 0 Å². The maximum atomic E-state index is 13.0. The third-order valence-electron chi connectivity index (χ3n) is 3.70. The van der Waals surface area contributed by atoms with Crippen molar-refractivity contribution in [2.75, 3.05) is 31.1 Å². The summed E-state index contributed by atoms with van der Waals surface area (Å²) in [5, 5.41) is 3.35. The Kier molecular flexibility index (Phi) is 4.58. The molecule has 1 saturated heterocycles. The lowest BCUT2D eigenvalue weighted by Crippen LogP contribution is -2.38. The van der Waals surface area contributed by atoms with Gasteiger partial charge < -0.3 is 10.2 Å². The lowest BCUT2D eigenvalue weighted by atomic mass is 10.0. The van der Waals surface area contributed by atoms with Crippen LogP contribution in [0.4, 0.5) is 18.9 Å². The topological polar surface area (TPSA) is 15.3 Å². The molecule has 0 aliphatic carbocycles. The molecule has 1 heterocycles. The van der Waals surface area contributed by atoms with Crippen LogP contribution in [0.2, 0.25) is 0 Å². The second kappa shape index (κ2) is 6.04. The molecule has 1 aliphatic heterocycles. The molecule has 1 fully saturated rings. The fourth-order valence-corrected chi connectivity index (χ4v) is 2.62. The van der Waals surface area contributed by atoms with E-state index in [2.05, 4.69) is 17.1 Å². The van der Waals surface area contributed by atoms with Crippen LogP contribution in [0.3, 0.4) is 0 Å². The average Bonchev–Trinajstić information content (AvgIpc) is 2.33. The van der Waals surface area contributed by atoms with E-state index >= 15 is 0 Å². The predicted octanol–water partition coefficient (Wildman–Crippen LogP) is 3.45. The fraction of sp³-hybridized carbons (Fsp3) is 0.600. The van der Waals surface area contributed by atoms with Crippen LogP contribution in [0.5, 0.6) is 0 Å². The van der Waals surface area contributed by atoms with E-state index in [4.69, 9.17) is 0 Å². The zero-order valence-corrected chi connectivity index (χ0v) is 11.9. The van der Waals surface area contributed by atoms with Gasteiger partial charge in [0.05, 0.1) is 5.56 Å². The number of hydrogen-bond acceptors (Lipinski definition) is 2. The van der Waals surface area contributed by atoms with Crippen molar-refractivity contribution in [1.82, 2.24) is 5.32 Å². The molecule has 112 valence electrons. The second-order valence-electron chi connectivity index (χ2n) is 5.61. The second-order valence-corrected chi connectivity index (χ2v) is 5.61. The molecule has 1 unspecified atom stereocenters. The zero-order chi connectivity index (χ0) is 14.8. The van der Waals surface area contributed by atoms with Crippen LogP contribution in [0.25, 0.3) is 0 Å². The van der Waals surface area contributed by atoms with Crippen molar-refractivity contribution >= 4 is 5.69 Å². The molecule has 1 atom stereocenters. The van der Waals surface area contributed by atoms with Gasteiger partial charge in [-0.05, 0) is 50.0 Å². The quantitative estimate of drug-likeness (QED) is 0.850. The van der Waals surface area contributed by atoms with Crippen molar-refractivity contribution in [3.8, 4) is 0 Å². The Bertz CT molecular complexity index is 457. The van der Waals surface area contributed by atoms with Gasteiger partial charge in [-0.1, -0.05) is 13.0 Å². The van der Waals surface area contributed by atoms with E-state index in [-0.39, 0.29) is 5.56 Å². The minimum Gasteiger partial charge on any atom is -0.371 e. The third kappa shape index (κ3) is 3.66. The smallest absolute Gasteiger partial charge is 0.371 e. The van der Waals surface area contributed by atoms with Gasteiger partial charge in [0.1, 0.15) is 0 Å². The lowest BCUT2D eigenvalue weighted by molar-refractivity contribution is -0.138. The van der Waals surface area contributed by atoms with Gasteiger partial charge in [-0.2, -0.15) is 13.2 Å². The van der Waals surface area contributed by atoms with Crippen LogP contribution >= 0.6 is 0 Å². The molecule has 1 aromatic carbocycles. The van der Waals surface area contributed by atoms with E-state index < -0.39 is 11.7 Å². The Labute approximate surface area is 118 Å². The van der Waals surface area contributed by atoms with Crippen LogP contribution in [0, 0.1) is 12.8 Å². The number of alkyl halides is 3. The van der Waals surface area contributed by atoms with Crippen LogP contribution in [-0.2, 0) is 6.18 Å². The summed E-state index contributed by atoms with van der Waals surface area (Å²) in [4.78, 5) is 2.07. The molecule has 0 radical (unpaired) electrons. The average molecular weight is 286 g/mol. The molecule has 0 bridgehead atoms. The highest BCUT2D eigenvalue weighted by Crippen LogP contribution is 2.34. The fourth-order valence-electron chi connectivity index (χ4n) is 2.62. The number of rotatable bonds is 1. The first kappa shape index (κ1) is 15.2. The number of anilines is 1. The minimum absolute atomic E-state index is 0.281. The maximum absolute atomic E-state index is 13.0. The molecule has 2 rings (SSSR count). The first-order valence-corrected chi connectivity index (χ1v) is 7.01. The summed E-state index contributed by atoms with van der Waals surface area (Å²) in [7, 11) is 0. The largest absolute Gasteiger partial charge is 0.416 e. The highest BCUT2D eigenvalue weighted by molar-refractivity contribution is 5.51. The number of aryl methyl sites for hydroxylation is 1. The summed E-state index contributed by atoms with van der Waals surface area (Å²) >= 11 is 0. The summed E-state index contributed by atoms with van der Waals surface area (Å²) in [6, 6.07) is 4.66. The Hall–Kier alpha value is -1.23. The van der Waals surface area contributed by atoms with Gasteiger partial charge in [-0.25, -0.2) is 0 Å². The van der Waals surface area contributed by atoms with Gasteiger partial charge in [0, 0.05) is 18.8 Å². The summed E-state index contributed by atoms with van der Waals surface area (Å²) in [6.07, 6.45) is -3.34. The summed E-state index contributed by atoms with van der Waals surface area (Å²) in [5.74, 6) is 0.422. The third-order valence-corrected chi connectivity index (χ3v) is 3.70. The SMILES string of the molecule is Cc1ccc(N2CCCNCC(C)C2)cc1C(F)(F)F. The summed E-state index contributed by atoms with van der Waals surface area (Å²) < 4.78 is 39.0. The molecule has 1 N–H and O–H groups in total. The monoisotopic (exact) mass is 286 g/mol. The summed E-state index contributed by atoms with van der Waals surface area (Å²) in [5.41, 5.74) is 0.433. The van der Waals surface area contributed by atoms with E-state index in [0.29, 0.717) is 11.6 Å². The molecule has 1 aliphatic rings. The lowest BCUT2D eigenvalue weighted by Gasteiger charge is -2.31. The van der Waals surface area contributed by atoms with E-state index in [0.717, 1.165) is 32.6 Å². The number of halogens is 3. The van der Waals surface area contributed by atoms with Crippen LogP contribution < -0.4 is 10.2 Å². The standard InChI is InChI=1S/C15H21F3N2/c1-11-9-19-6-3-7-20(10-11)13-5-4-12(2)14(8-13)15(16,17)18/h4-5,8,11,19H,3,6-7,9-10H2,1-2H3. The summed E-state index contributed by atoms with van der Waals surface area (Å²) in [6.45, 7) is 7.02. The first-order valence-electron chi connectivity index (χ1n) is 7.01. The van der Waals surface area contributed by atoms with Crippen LogP contribution in [0.15, 0.2) is 18.2 Å². The molecule has 20 heavy (non-hydrogen) atoms. The molecular weight excluding hydrogens is 265 g/mol. The van der Waals surface area contributed by atoms with Gasteiger partial charge in [0.15, 0.2) is 0 Å². The van der Waals surface area contributed by atoms with E-state index in [1.807, 2.05) is 0 Å². The molecule has 1 aromatic rings. The van der Waals surface area contributed by atoms with Gasteiger partial charge in [0.2, 0.25) is 0 Å². The van der Waals surface area contributed by atoms with Crippen molar-refractivity contribution in [2.45, 2.75) is 26.4 Å². The van der Waals surface area contributed by atoms with Crippen LogP contribution in [-0.4, -0.2) is 26.2 Å². The predicted molar refractivity (Wildman–Crippen MR) is 75.0 cm³/mol. The highest BCUT2D eigenvalue weighted by atomic mass is 19.4. The molecular formula is C15H21F3N2. The Morgan fingerprint density at radius 1 is 1.30 bits per heavy atom. The zero-order valence-electron chi connectivity index (χ0n) is 11.9. The Morgan fingerprint density at radius 2 is 2.05 bits per heavy atom. The van der Waals surface area contributed by atoms with Crippen molar-refractivity contribution in [1.29, 1.82) is 0 Å². The van der Waals surface area contributed by atoms with Gasteiger partial charge in [-0.15, -0.1) is 0 Å². The van der Waals surface area contributed by atoms with Crippen molar-refractivity contribution in [3.05, 3.63) is 29.3 Å². The number of nitrogens with zero attached hydrogens (tertiary/aromatic N) is 1. The first-order chi connectivity index (χ1) is 9.38. The van der Waals surface area contributed by atoms with E-state index in [1.165, 1.54) is 13.0 Å². The van der Waals surface area contributed by atoms with Crippen molar-refractivity contribution in [3.63, 3.8) is 0 Å². The molecule has 0 saturated carbocycles. The number of hydrogen-bond donors (Lipinski definition) is 1. The molecule has 0 aromatic heterocycles. The Balaban J connectivity index is 2.26. The highest BCUT2D eigenvalue weighted by Gasteiger charge is 2.33. The van der Waals surface area contributed by atoms with Crippen molar-refractivity contribution < 1.29 is 13.2 Å². The van der Waals surface area contributed by atoms with Gasteiger partial charge >= 0.3 is 6.18 Å². The number of benzene rings is 1.